The molecule has 0 saturated carbocycles. The van der Waals surface area contributed by atoms with Crippen LogP contribution in [0.1, 0.15) is 26.7 Å². The molecule has 2 fully saturated rings. The van der Waals surface area contributed by atoms with Crippen LogP contribution in [0.15, 0.2) is 0 Å². The fourth-order valence-electron chi connectivity index (χ4n) is 1.80. The van der Waals surface area contributed by atoms with Gasteiger partial charge in [-0.15, -0.1) is 0 Å². The van der Waals surface area contributed by atoms with Crippen LogP contribution in [0.25, 0.3) is 0 Å². The average molecular weight is 188 g/mol. The van der Waals surface area contributed by atoms with Gasteiger partial charge < -0.3 is 9.47 Å². The third-order valence-electron chi connectivity index (χ3n) is 2.40. The second-order valence-corrected chi connectivity index (χ2v) is 5.40. The summed E-state index contributed by atoms with van der Waals surface area (Å²) in [6.45, 7) is 4.95. The summed E-state index contributed by atoms with van der Waals surface area (Å²) < 4.78 is 11.7. The first-order valence-corrected chi connectivity index (χ1v) is 5.69. The summed E-state index contributed by atoms with van der Waals surface area (Å²) in [5.74, 6) is 2.14. The lowest BCUT2D eigenvalue weighted by atomic mass is 10.1. The van der Waals surface area contributed by atoms with Crippen LogP contribution in [0.5, 0.6) is 0 Å². The van der Waals surface area contributed by atoms with Gasteiger partial charge in [-0.2, -0.15) is 11.8 Å². The molecule has 0 amide bonds. The minimum absolute atomic E-state index is 0.0675. The van der Waals surface area contributed by atoms with Crippen molar-refractivity contribution in [3.8, 4) is 0 Å². The van der Waals surface area contributed by atoms with Crippen molar-refractivity contribution in [2.24, 2.45) is 0 Å². The van der Waals surface area contributed by atoms with Crippen LogP contribution in [0, 0.1) is 0 Å². The number of thioether (sulfide) groups is 1. The molecule has 2 aliphatic heterocycles. The maximum absolute atomic E-state index is 5.94. The molecule has 2 nitrogen and oxygen atoms in total. The lowest BCUT2D eigenvalue weighted by Gasteiger charge is -2.32. The Morgan fingerprint density at radius 3 is 2.33 bits per heavy atom. The lowest BCUT2D eigenvalue weighted by Crippen LogP contribution is -2.36. The highest BCUT2D eigenvalue weighted by molar-refractivity contribution is 7.99. The second-order valence-electron chi connectivity index (χ2n) is 4.17. The minimum atomic E-state index is -0.214. The van der Waals surface area contributed by atoms with Gasteiger partial charge in [-0.25, -0.2) is 0 Å². The Hall–Kier alpha value is 0.270. The van der Waals surface area contributed by atoms with Gasteiger partial charge >= 0.3 is 0 Å². The standard InChI is InChI=1S/C9H16O2S/c1-8(2)7-10-9(11-8)3-5-12-6-4-9/h3-7H2,1-2H3. The van der Waals surface area contributed by atoms with Gasteiger partial charge in [-0.3, -0.25) is 0 Å². The molecule has 0 unspecified atom stereocenters. The van der Waals surface area contributed by atoms with Crippen molar-refractivity contribution in [1.29, 1.82) is 0 Å². The quantitative estimate of drug-likeness (QED) is 0.579. The van der Waals surface area contributed by atoms with Gasteiger partial charge in [0.25, 0.3) is 0 Å². The summed E-state index contributed by atoms with van der Waals surface area (Å²) in [7, 11) is 0. The SMILES string of the molecule is CC1(C)COC2(CCSCC2)O1. The predicted molar refractivity (Wildman–Crippen MR) is 50.4 cm³/mol. The smallest absolute Gasteiger partial charge is 0.170 e. The first kappa shape index (κ1) is 8.85. The molecule has 0 atom stereocenters. The van der Waals surface area contributed by atoms with E-state index in [-0.39, 0.29) is 11.4 Å². The molecule has 0 aromatic heterocycles. The van der Waals surface area contributed by atoms with Gasteiger partial charge in [-0.05, 0) is 25.4 Å². The summed E-state index contributed by atoms with van der Waals surface area (Å²) in [6.07, 6.45) is 2.11. The summed E-state index contributed by atoms with van der Waals surface area (Å²) in [4.78, 5) is 0. The Morgan fingerprint density at radius 2 is 1.83 bits per heavy atom. The Labute approximate surface area is 78.0 Å². The number of ether oxygens (including phenoxy) is 2. The zero-order valence-corrected chi connectivity index (χ0v) is 8.58. The first-order valence-electron chi connectivity index (χ1n) is 4.54. The van der Waals surface area contributed by atoms with Crippen molar-refractivity contribution >= 4 is 11.8 Å². The summed E-state index contributed by atoms with van der Waals surface area (Å²) in [6, 6.07) is 0. The highest BCUT2D eigenvalue weighted by Crippen LogP contribution is 2.40. The molecule has 0 aromatic rings. The van der Waals surface area contributed by atoms with E-state index in [2.05, 4.69) is 13.8 Å². The van der Waals surface area contributed by atoms with Crippen LogP contribution in [-0.4, -0.2) is 29.5 Å². The summed E-state index contributed by atoms with van der Waals surface area (Å²) in [5, 5.41) is 0. The van der Waals surface area contributed by atoms with Crippen LogP contribution < -0.4 is 0 Å². The van der Waals surface area contributed by atoms with Crippen LogP contribution in [0.4, 0.5) is 0 Å². The Morgan fingerprint density at radius 1 is 1.17 bits per heavy atom. The van der Waals surface area contributed by atoms with E-state index >= 15 is 0 Å². The maximum Gasteiger partial charge on any atom is 0.170 e. The first-order chi connectivity index (χ1) is 5.62. The fraction of sp³-hybridized carbons (Fsp3) is 1.00. The maximum atomic E-state index is 5.94. The molecule has 0 aliphatic carbocycles. The molecule has 12 heavy (non-hydrogen) atoms. The molecular weight excluding hydrogens is 172 g/mol. The van der Waals surface area contributed by atoms with E-state index in [4.69, 9.17) is 9.47 Å². The van der Waals surface area contributed by atoms with Crippen LogP contribution in [-0.2, 0) is 9.47 Å². The molecule has 3 heteroatoms. The van der Waals surface area contributed by atoms with E-state index in [1.165, 1.54) is 11.5 Å². The van der Waals surface area contributed by atoms with Crippen molar-refractivity contribution in [2.75, 3.05) is 18.1 Å². The largest absolute Gasteiger partial charge is 0.347 e. The highest BCUT2D eigenvalue weighted by atomic mass is 32.2. The van der Waals surface area contributed by atoms with Crippen LogP contribution in [0.3, 0.4) is 0 Å². The van der Waals surface area contributed by atoms with Crippen molar-refractivity contribution in [3.05, 3.63) is 0 Å². The fourth-order valence-corrected chi connectivity index (χ4v) is 2.91. The lowest BCUT2D eigenvalue weighted by molar-refractivity contribution is -0.185. The average Bonchev–Trinajstić information content (AvgIpc) is 2.29. The Bertz CT molecular complexity index is 173. The highest BCUT2D eigenvalue weighted by Gasteiger charge is 2.45. The molecule has 0 aromatic carbocycles. The van der Waals surface area contributed by atoms with Gasteiger partial charge in [-0.1, -0.05) is 0 Å². The Kier molecular flexibility index (Phi) is 2.13. The zero-order valence-electron chi connectivity index (χ0n) is 7.76. The van der Waals surface area contributed by atoms with Crippen molar-refractivity contribution in [1.82, 2.24) is 0 Å². The van der Waals surface area contributed by atoms with E-state index < -0.39 is 0 Å². The molecule has 0 bridgehead atoms. The third-order valence-corrected chi connectivity index (χ3v) is 3.39. The van der Waals surface area contributed by atoms with Gasteiger partial charge in [0.2, 0.25) is 0 Å². The van der Waals surface area contributed by atoms with Gasteiger partial charge in [0.15, 0.2) is 5.79 Å². The molecule has 2 saturated heterocycles. The molecule has 0 radical (unpaired) electrons. The molecule has 70 valence electrons. The minimum Gasteiger partial charge on any atom is -0.347 e. The molecule has 1 spiro atoms. The zero-order chi connectivity index (χ0) is 8.66. The third kappa shape index (κ3) is 1.63. The van der Waals surface area contributed by atoms with Crippen LogP contribution >= 0.6 is 11.8 Å². The molecule has 0 N–H and O–H groups in total. The van der Waals surface area contributed by atoms with Gasteiger partial charge in [0.1, 0.15) is 0 Å². The number of hydrogen-bond donors (Lipinski definition) is 0. The molecular formula is C9H16O2S. The van der Waals surface area contributed by atoms with Gasteiger partial charge in [0.05, 0.1) is 12.2 Å². The Balaban J connectivity index is 2.03. The normalized spacial score (nSPS) is 32.5. The molecule has 2 aliphatic rings. The van der Waals surface area contributed by atoms with E-state index in [9.17, 15) is 0 Å². The summed E-state index contributed by atoms with van der Waals surface area (Å²) >= 11 is 2.00. The number of hydrogen-bond acceptors (Lipinski definition) is 3. The van der Waals surface area contributed by atoms with Crippen molar-refractivity contribution in [2.45, 2.75) is 38.1 Å². The monoisotopic (exact) mass is 188 g/mol. The molecule has 2 heterocycles. The van der Waals surface area contributed by atoms with E-state index in [0.717, 1.165) is 19.4 Å². The van der Waals surface area contributed by atoms with E-state index in [1.54, 1.807) is 0 Å². The topological polar surface area (TPSA) is 18.5 Å². The van der Waals surface area contributed by atoms with Crippen molar-refractivity contribution in [3.63, 3.8) is 0 Å². The number of rotatable bonds is 0. The predicted octanol–water partition coefficient (Wildman–Crippen LogP) is 2.04. The van der Waals surface area contributed by atoms with Crippen molar-refractivity contribution < 1.29 is 9.47 Å². The second kappa shape index (κ2) is 2.89. The van der Waals surface area contributed by atoms with E-state index in [1.807, 2.05) is 11.8 Å². The molecule has 2 rings (SSSR count). The van der Waals surface area contributed by atoms with E-state index in [0.29, 0.717) is 0 Å². The summed E-state index contributed by atoms with van der Waals surface area (Å²) in [5.41, 5.74) is -0.0675. The van der Waals surface area contributed by atoms with Crippen LogP contribution in [0.2, 0.25) is 0 Å². The van der Waals surface area contributed by atoms with Gasteiger partial charge in [0, 0.05) is 12.8 Å².